The number of nitrogens with zero attached hydrogens (tertiary/aromatic N) is 1. The zero-order valence-corrected chi connectivity index (χ0v) is 13.4. The normalized spacial score (nSPS) is 16.3. The van der Waals surface area contributed by atoms with Crippen LogP contribution in [0.25, 0.3) is 0 Å². The summed E-state index contributed by atoms with van der Waals surface area (Å²) in [5.41, 5.74) is 6.07. The van der Waals surface area contributed by atoms with E-state index in [0.717, 1.165) is 25.9 Å². The van der Waals surface area contributed by atoms with Crippen LogP contribution < -0.4 is 16.2 Å². The first kappa shape index (κ1) is 16.0. The third kappa shape index (κ3) is 4.84. The van der Waals surface area contributed by atoms with Crippen molar-refractivity contribution in [2.75, 3.05) is 25.5 Å². The van der Waals surface area contributed by atoms with Crippen LogP contribution in [0.2, 0.25) is 5.02 Å². The van der Waals surface area contributed by atoms with E-state index in [4.69, 9.17) is 23.8 Å². The number of piperidine rings is 1. The van der Waals surface area contributed by atoms with Crippen molar-refractivity contribution >= 4 is 40.5 Å². The van der Waals surface area contributed by atoms with Crippen LogP contribution in [0.5, 0.6) is 0 Å². The van der Waals surface area contributed by atoms with Crippen molar-refractivity contribution in [2.45, 2.75) is 12.8 Å². The lowest BCUT2D eigenvalue weighted by Crippen LogP contribution is -2.48. The van der Waals surface area contributed by atoms with Gasteiger partial charge >= 0.3 is 0 Å². The number of carbonyl (C=O) groups excluding carboxylic acids is 1. The lowest BCUT2D eigenvalue weighted by atomic mass is 9.97. The first-order valence-corrected chi connectivity index (χ1v) is 7.65. The van der Waals surface area contributed by atoms with Crippen LogP contribution in [-0.4, -0.2) is 36.1 Å². The number of hydrazine groups is 1. The van der Waals surface area contributed by atoms with Crippen LogP contribution in [-0.2, 0) is 4.79 Å². The summed E-state index contributed by atoms with van der Waals surface area (Å²) >= 11 is 11.2. The van der Waals surface area contributed by atoms with Gasteiger partial charge in [-0.1, -0.05) is 23.7 Å². The molecule has 2 rings (SSSR count). The lowest BCUT2D eigenvalue weighted by molar-refractivity contribution is -0.126. The number of amides is 1. The standard InChI is InChI=1S/C14H19ClN4OS/c1-19-8-6-10(7-9-19)13(20)17-18-14(21)16-12-5-3-2-4-11(12)15/h2-5,10H,6-9H2,1H3,(H,17,20)(H2,16,18,21). The second-order valence-electron chi connectivity index (χ2n) is 5.13. The minimum atomic E-state index is -0.0218. The molecule has 1 fully saturated rings. The minimum absolute atomic E-state index is 0.0218. The fraction of sp³-hybridized carbons (Fsp3) is 0.429. The largest absolute Gasteiger partial charge is 0.330 e. The van der Waals surface area contributed by atoms with Crippen molar-refractivity contribution in [2.24, 2.45) is 5.92 Å². The second-order valence-corrected chi connectivity index (χ2v) is 5.94. The maximum absolute atomic E-state index is 12.0. The fourth-order valence-corrected chi connectivity index (χ4v) is 2.55. The van der Waals surface area contributed by atoms with E-state index in [9.17, 15) is 4.79 Å². The van der Waals surface area contributed by atoms with Gasteiger partial charge in [-0.05, 0) is 57.3 Å². The number of hydrogen-bond acceptors (Lipinski definition) is 3. The minimum Gasteiger partial charge on any atom is -0.330 e. The van der Waals surface area contributed by atoms with E-state index in [1.165, 1.54) is 0 Å². The van der Waals surface area contributed by atoms with E-state index in [0.29, 0.717) is 15.8 Å². The summed E-state index contributed by atoms with van der Waals surface area (Å²) in [5.74, 6) is 0.0169. The Morgan fingerprint density at radius 3 is 2.62 bits per heavy atom. The summed E-state index contributed by atoms with van der Waals surface area (Å²) < 4.78 is 0. The number of halogens is 1. The highest BCUT2D eigenvalue weighted by Crippen LogP contribution is 2.20. The Labute approximate surface area is 135 Å². The number of hydrogen-bond donors (Lipinski definition) is 3. The highest BCUT2D eigenvalue weighted by molar-refractivity contribution is 7.80. The zero-order valence-electron chi connectivity index (χ0n) is 11.9. The van der Waals surface area contributed by atoms with E-state index in [-0.39, 0.29) is 11.8 Å². The molecule has 1 amide bonds. The topological polar surface area (TPSA) is 56.4 Å². The number of para-hydroxylation sites is 1. The van der Waals surface area contributed by atoms with Crippen LogP contribution in [0.4, 0.5) is 5.69 Å². The zero-order chi connectivity index (χ0) is 15.2. The smallest absolute Gasteiger partial charge is 0.241 e. The second kappa shape index (κ2) is 7.59. The molecule has 0 bridgehead atoms. The molecule has 0 saturated carbocycles. The molecule has 0 aromatic heterocycles. The van der Waals surface area contributed by atoms with Crippen molar-refractivity contribution in [3.8, 4) is 0 Å². The van der Waals surface area contributed by atoms with Gasteiger partial charge in [-0.2, -0.15) is 0 Å². The van der Waals surface area contributed by atoms with Gasteiger partial charge < -0.3 is 10.2 Å². The molecule has 0 radical (unpaired) electrons. The molecule has 1 aliphatic heterocycles. The summed E-state index contributed by atoms with van der Waals surface area (Å²) in [6.45, 7) is 1.89. The Hall–Kier alpha value is -1.37. The first-order chi connectivity index (χ1) is 10.1. The predicted molar refractivity (Wildman–Crippen MR) is 89.2 cm³/mol. The van der Waals surface area contributed by atoms with E-state index >= 15 is 0 Å². The molecule has 1 aromatic rings. The molecule has 0 unspecified atom stereocenters. The maximum atomic E-state index is 12.0. The van der Waals surface area contributed by atoms with E-state index in [1.54, 1.807) is 6.07 Å². The molecule has 1 saturated heterocycles. The lowest BCUT2D eigenvalue weighted by Gasteiger charge is -2.28. The van der Waals surface area contributed by atoms with Gasteiger partial charge in [0.25, 0.3) is 0 Å². The van der Waals surface area contributed by atoms with Gasteiger partial charge in [0.05, 0.1) is 10.7 Å². The number of thiocarbonyl (C=S) groups is 1. The Kier molecular flexibility index (Phi) is 5.78. The number of benzene rings is 1. The Morgan fingerprint density at radius 1 is 1.29 bits per heavy atom. The summed E-state index contributed by atoms with van der Waals surface area (Å²) in [5, 5.41) is 3.82. The maximum Gasteiger partial charge on any atom is 0.241 e. The number of anilines is 1. The monoisotopic (exact) mass is 326 g/mol. The van der Waals surface area contributed by atoms with Gasteiger partial charge in [-0.15, -0.1) is 0 Å². The van der Waals surface area contributed by atoms with Crippen LogP contribution in [0.3, 0.4) is 0 Å². The Bertz CT molecular complexity index is 517. The van der Waals surface area contributed by atoms with E-state index < -0.39 is 0 Å². The van der Waals surface area contributed by atoms with Gasteiger partial charge in [-0.3, -0.25) is 15.6 Å². The van der Waals surface area contributed by atoms with Gasteiger partial charge in [0.15, 0.2) is 5.11 Å². The molecule has 3 N–H and O–H groups in total. The van der Waals surface area contributed by atoms with Crippen LogP contribution >= 0.6 is 23.8 Å². The molecular weight excluding hydrogens is 308 g/mol. The number of rotatable bonds is 2. The third-order valence-corrected chi connectivity index (χ3v) is 4.04. The van der Waals surface area contributed by atoms with Crippen LogP contribution in [0.15, 0.2) is 24.3 Å². The van der Waals surface area contributed by atoms with Gasteiger partial charge in [0.1, 0.15) is 0 Å². The van der Waals surface area contributed by atoms with Crippen molar-refractivity contribution in [3.05, 3.63) is 29.3 Å². The SMILES string of the molecule is CN1CCC(C(=O)NNC(=S)Nc2ccccc2Cl)CC1. The highest BCUT2D eigenvalue weighted by Gasteiger charge is 2.23. The van der Waals surface area contributed by atoms with Gasteiger partial charge in [0.2, 0.25) is 5.91 Å². The third-order valence-electron chi connectivity index (χ3n) is 3.51. The molecule has 0 spiro atoms. The highest BCUT2D eigenvalue weighted by atomic mass is 35.5. The van der Waals surface area contributed by atoms with E-state index in [1.807, 2.05) is 18.2 Å². The van der Waals surface area contributed by atoms with E-state index in [2.05, 4.69) is 28.1 Å². The number of carbonyl (C=O) groups is 1. The Balaban J connectivity index is 1.76. The summed E-state index contributed by atoms with van der Waals surface area (Å²) in [6.07, 6.45) is 1.74. The van der Waals surface area contributed by atoms with Gasteiger partial charge in [-0.25, -0.2) is 0 Å². The quantitative estimate of drug-likeness (QED) is 0.573. The summed E-state index contributed by atoms with van der Waals surface area (Å²) in [4.78, 5) is 14.2. The molecule has 1 aromatic carbocycles. The van der Waals surface area contributed by atoms with Crippen molar-refractivity contribution < 1.29 is 4.79 Å². The molecule has 0 aliphatic carbocycles. The van der Waals surface area contributed by atoms with Crippen molar-refractivity contribution in [1.29, 1.82) is 0 Å². The predicted octanol–water partition coefficient (Wildman–Crippen LogP) is 2.00. The average Bonchev–Trinajstić information content (AvgIpc) is 2.48. The van der Waals surface area contributed by atoms with Crippen molar-refractivity contribution in [1.82, 2.24) is 15.8 Å². The molecule has 7 heteroatoms. The van der Waals surface area contributed by atoms with Gasteiger partial charge in [0, 0.05) is 5.92 Å². The molecule has 114 valence electrons. The molecule has 5 nitrogen and oxygen atoms in total. The number of likely N-dealkylation sites (tertiary alicyclic amines) is 1. The van der Waals surface area contributed by atoms with Crippen LogP contribution in [0, 0.1) is 5.92 Å². The molecule has 1 heterocycles. The molecule has 21 heavy (non-hydrogen) atoms. The average molecular weight is 327 g/mol. The first-order valence-electron chi connectivity index (χ1n) is 6.86. The van der Waals surface area contributed by atoms with Crippen LogP contribution in [0.1, 0.15) is 12.8 Å². The molecule has 0 atom stereocenters. The fourth-order valence-electron chi connectivity index (χ4n) is 2.21. The summed E-state index contributed by atoms with van der Waals surface area (Å²) in [7, 11) is 2.06. The van der Waals surface area contributed by atoms with Crippen molar-refractivity contribution in [3.63, 3.8) is 0 Å². The number of nitrogens with one attached hydrogen (secondary N) is 3. The summed E-state index contributed by atoms with van der Waals surface area (Å²) in [6, 6.07) is 7.28. The molecule has 1 aliphatic rings. The Morgan fingerprint density at radius 2 is 1.95 bits per heavy atom. The molecular formula is C14H19ClN4OS.